The average Bonchev–Trinajstić information content (AvgIpc) is 2.47. The quantitative estimate of drug-likeness (QED) is 0.735. The molecule has 0 atom stereocenters. The van der Waals surface area contributed by atoms with Crippen LogP contribution >= 0.6 is 0 Å². The fourth-order valence-electron chi connectivity index (χ4n) is 1.84. The molecule has 1 amide bonds. The summed E-state index contributed by atoms with van der Waals surface area (Å²) in [5, 5.41) is 6.01. The highest BCUT2D eigenvalue weighted by Crippen LogP contribution is 2.11. The molecule has 0 saturated heterocycles. The zero-order chi connectivity index (χ0) is 15.2. The van der Waals surface area contributed by atoms with Crippen LogP contribution in [0.3, 0.4) is 0 Å². The van der Waals surface area contributed by atoms with Gasteiger partial charge in [-0.2, -0.15) is 0 Å². The van der Waals surface area contributed by atoms with Crippen LogP contribution in [0, 0.1) is 13.8 Å². The van der Waals surface area contributed by atoms with Crippen molar-refractivity contribution < 1.29 is 4.79 Å². The van der Waals surface area contributed by atoms with E-state index in [0.29, 0.717) is 24.3 Å². The number of pyridine rings is 1. The maximum atomic E-state index is 11.9. The predicted molar refractivity (Wildman–Crippen MR) is 85.4 cm³/mol. The molecule has 1 aromatic carbocycles. The molecule has 1 aromatic heterocycles. The van der Waals surface area contributed by atoms with Crippen LogP contribution in [0.15, 0.2) is 36.4 Å². The Bertz CT molecular complexity index is 623. The number of nitrogen functional groups attached to an aromatic ring is 1. The van der Waals surface area contributed by atoms with Crippen LogP contribution in [0.2, 0.25) is 0 Å². The molecule has 110 valence electrons. The summed E-state index contributed by atoms with van der Waals surface area (Å²) >= 11 is 0. The van der Waals surface area contributed by atoms with Gasteiger partial charge in [0.1, 0.15) is 5.82 Å². The number of nitrogens with one attached hydrogen (secondary N) is 2. The largest absolute Gasteiger partial charge is 0.397 e. The fourth-order valence-corrected chi connectivity index (χ4v) is 1.84. The number of aromatic nitrogens is 1. The molecule has 0 saturated carbocycles. The lowest BCUT2D eigenvalue weighted by molar-refractivity contribution is 0.0955. The van der Waals surface area contributed by atoms with Gasteiger partial charge in [-0.3, -0.25) is 4.79 Å². The first-order chi connectivity index (χ1) is 10.1. The number of hydrogen-bond donors (Lipinski definition) is 3. The van der Waals surface area contributed by atoms with Crippen LogP contribution in [0.5, 0.6) is 0 Å². The lowest BCUT2D eigenvalue weighted by Gasteiger charge is -2.09. The predicted octanol–water partition coefficient (Wildman–Crippen LogP) is 2.12. The third kappa shape index (κ3) is 4.21. The van der Waals surface area contributed by atoms with Crippen LogP contribution in [-0.2, 0) is 0 Å². The average molecular weight is 284 g/mol. The molecule has 0 bridgehead atoms. The molecule has 5 nitrogen and oxygen atoms in total. The van der Waals surface area contributed by atoms with Crippen LogP contribution < -0.4 is 16.4 Å². The van der Waals surface area contributed by atoms with E-state index in [4.69, 9.17) is 5.73 Å². The highest BCUT2D eigenvalue weighted by Gasteiger charge is 2.04. The molecule has 4 N–H and O–H groups in total. The number of nitrogens with zero attached hydrogens (tertiary/aromatic N) is 1. The minimum Gasteiger partial charge on any atom is -0.397 e. The molecule has 2 rings (SSSR count). The van der Waals surface area contributed by atoms with E-state index in [9.17, 15) is 4.79 Å². The summed E-state index contributed by atoms with van der Waals surface area (Å²) in [6.07, 6.45) is 0. The molecule has 21 heavy (non-hydrogen) atoms. The van der Waals surface area contributed by atoms with E-state index in [-0.39, 0.29) is 5.91 Å². The van der Waals surface area contributed by atoms with Gasteiger partial charge in [0.25, 0.3) is 5.91 Å². The summed E-state index contributed by atoms with van der Waals surface area (Å²) < 4.78 is 0. The molecule has 0 aliphatic carbocycles. The maximum Gasteiger partial charge on any atom is 0.251 e. The number of amides is 1. The van der Waals surface area contributed by atoms with Crippen LogP contribution in [0.25, 0.3) is 0 Å². The molecule has 0 aliphatic rings. The first kappa shape index (κ1) is 14.8. The molecular formula is C16H20N4O. The Morgan fingerprint density at radius 1 is 1.10 bits per heavy atom. The highest BCUT2D eigenvalue weighted by molar-refractivity contribution is 5.94. The van der Waals surface area contributed by atoms with Crippen molar-refractivity contribution in [2.24, 2.45) is 0 Å². The van der Waals surface area contributed by atoms with E-state index in [1.54, 1.807) is 0 Å². The van der Waals surface area contributed by atoms with E-state index in [2.05, 4.69) is 15.6 Å². The van der Waals surface area contributed by atoms with Gasteiger partial charge in [-0.15, -0.1) is 0 Å². The Morgan fingerprint density at radius 3 is 2.48 bits per heavy atom. The standard InChI is InChI=1S/C16H20N4O/c1-11-3-5-13(6-4-11)16(21)19-10-9-18-15-8-7-14(17)12(2)20-15/h3-8H,9-10,17H2,1-2H3,(H,18,20)(H,19,21). The van der Waals surface area contributed by atoms with E-state index in [0.717, 1.165) is 17.1 Å². The van der Waals surface area contributed by atoms with Crippen molar-refractivity contribution in [3.63, 3.8) is 0 Å². The third-order valence-electron chi connectivity index (χ3n) is 3.16. The Hall–Kier alpha value is -2.56. The fraction of sp³-hybridized carbons (Fsp3) is 0.250. The zero-order valence-corrected chi connectivity index (χ0v) is 12.3. The summed E-state index contributed by atoms with van der Waals surface area (Å²) in [5.74, 6) is 0.685. The molecule has 0 aliphatic heterocycles. The van der Waals surface area contributed by atoms with Crippen molar-refractivity contribution in [2.45, 2.75) is 13.8 Å². The van der Waals surface area contributed by atoms with Crippen LogP contribution in [0.1, 0.15) is 21.6 Å². The number of nitrogens with two attached hydrogens (primary N) is 1. The number of anilines is 2. The number of hydrogen-bond acceptors (Lipinski definition) is 4. The molecule has 0 fully saturated rings. The molecule has 2 aromatic rings. The van der Waals surface area contributed by atoms with Crippen molar-refractivity contribution in [1.82, 2.24) is 10.3 Å². The molecule has 0 spiro atoms. The van der Waals surface area contributed by atoms with Gasteiger partial charge in [0.15, 0.2) is 0 Å². The molecule has 0 unspecified atom stereocenters. The van der Waals surface area contributed by atoms with Gasteiger partial charge in [0.2, 0.25) is 0 Å². The number of benzene rings is 1. The van der Waals surface area contributed by atoms with Gasteiger partial charge in [-0.05, 0) is 38.1 Å². The lowest BCUT2D eigenvalue weighted by atomic mass is 10.1. The second kappa shape index (κ2) is 6.74. The number of carbonyl (C=O) groups excluding carboxylic acids is 1. The van der Waals surface area contributed by atoms with E-state index >= 15 is 0 Å². The first-order valence-electron chi connectivity index (χ1n) is 6.88. The Morgan fingerprint density at radius 2 is 1.81 bits per heavy atom. The maximum absolute atomic E-state index is 11.9. The van der Waals surface area contributed by atoms with E-state index in [1.807, 2.05) is 50.2 Å². The molecule has 5 heteroatoms. The summed E-state index contributed by atoms with van der Waals surface area (Å²) in [6.45, 7) is 4.98. The summed E-state index contributed by atoms with van der Waals surface area (Å²) in [5.41, 5.74) is 8.99. The van der Waals surface area contributed by atoms with Crippen molar-refractivity contribution in [3.05, 3.63) is 53.2 Å². The minimum absolute atomic E-state index is 0.0711. The van der Waals surface area contributed by atoms with Crippen LogP contribution in [0.4, 0.5) is 11.5 Å². The van der Waals surface area contributed by atoms with Crippen molar-refractivity contribution in [3.8, 4) is 0 Å². The lowest BCUT2D eigenvalue weighted by Crippen LogP contribution is -2.28. The highest BCUT2D eigenvalue weighted by atomic mass is 16.1. The monoisotopic (exact) mass is 284 g/mol. The summed E-state index contributed by atoms with van der Waals surface area (Å²) in [4.78, 5) is 16.2. The zero-order valence-electron chi connectivity index (χ0n) is 12.3. The number of rotatable bonds is 5. The van der Waals surface area contributed by atoms with Gasteiger partial charge in [0.05, 0.1) is 11.4 Å². The first-order valence-corrected chi connectivity index (χ1v) is 6.88. The second-order valence-corrected chi connectivity index (χ2v) is 4.92. The number of aryl methyl sites for hydroxylation is 2. The van der Waals surface area contributed by atoms with E-state index < -0.39 is 0 Å². The summed E-state index contributed by atoms with van der Waals surface area (Å²) in [7, 11) is 0. The van der Waals surface area contributed by atoms with Gasteiger partial charge in [0, 0.05) is 18.7 Å². The molecular weight excluding hydrogens is 264 g/mol. The Balaban J connectivity index is 1.77. The molecule has 1 heterocycles. The molecule has 0 radical (unpaired) electrons. The van der Waals surface area contributed by atoms with Gasteiger partial charge < -0.3 is 16.4 Å². The third-order valence-corrected chi connectivity index (χ3v) is 3.16. The van der Waals surface area contributed by atoms with Crippen molar-refractivity contribution in [2.75, 3.05) is 24.1 Å². The van der Waals surface area contributed by atoms with Crippen molar-refractivity contribution >= 4 is 17.4 Å². The minimum atomic E-state index is -0.0711. The van der Waals surface area contributed by atoms with Gasteiger partial charge in [-0.25, -0.2) is 4.98 Å². The smallest absolute Gasteiger partial charge is 0.251 e. The topological polar surface area (TPSA) is 80.0 Å². The van der Waals surface area contributed by atoms with Gasteiger partial charge >= 0.3 is 0 Å². The Labute approximate surface area is 124 Å². The van der Waals surface area contributed by atoms with E-state index in [1.165, 1.54) is 0 Å². The summed E-state index contributed by atoms with van der Waals surface area (Å²) in [6, 6.07) is 11.1. The van der Waals surface area contributed by atoms with Crippen LogP contribution in [-0.4, -0.2) is 24.0 Å². The Kier molecular flexibility index (Phi) is 4.77. The van der Waals surface area contributed by atoms with Gasteiger partial charge in [-0.1, -0.05) is 17.7 Å². The number of carbonyl (C=O) groups is 1. The SMILES string of the molecule is Cc1ccc(C(=O)NCCNc2ccc(N)c(C)n2)cc1. The normalized spacial score (nSPS) is 10.2. The van der Waals surface area contributed by atoms with Crippen molar-refractivity contribution in [1.29, 1.82) is 0 Å². The second-order valence-electron chi connectivity index (χ2n) is 4.92.